The molecular weight excluding hydrogens is 186 g/mol. The Morgan fingerprint density at radius 3 is 2.43 bits per heavy atom. The van der Waals surface area contributed by atoms with Crippen molar-refractivity contribution in [3.63, 3.8) is 0 Å². The number of halogens is 2. The Hall–Kier alpha value is -1.38. The lowest BCUT2D eigenvalue weighted by molar-refractivity contribution is 0.152. The molecule has 0 amide bonds. The summed E-state index contributed by atoms with van der Waals surface area (Å²) in [5, 5.41) is 0. The molecule has 0 unspecified atom stereocenters. The van der Waals surface area contributed by atoms with Gasteiger partial charge in [0.15, 0.2) is 0 Å². The molecule has 0 saturated heterocycles. The standard InChI is InChI=1S/C11H12F2O/c1-14-10-7-5-9(6-8-10)3-2-4-11(12)13/h2-3,5-8,11H,4H2,1H3/b3-2+. The van der Waals surface area contributed by atoms with E-state index in [1.165, 1.54) is 6.08 Å². The van der Waals surface area contributed by atoms with Crippen molar-refractivity contribution >= 4 is 6.08 Å². The van der Waals surface area contributed by atoms with Gasteiger partial charge in [-0.3, -0.25) is 0 Å². The van der Waals surface area contributed by atoms with Gasteiger partial charge in [0.2, 0.25) is 6.43 Å². The van der Waals surface area contributed by atoms with E-state index < -0.39 is 6.43 Å². The van der Waals surface area contributed by atoms with Crippen LogP contribution in [0, 0.1) is 0 Å². The third-order valence-corrected chi connectivity index (χ3v) is 1.74. The van der Waals surface area contributed by atoms with Crippen molar-refractivity contribution in [2.24, 2.45) is 0 Å². The van der Waals surface area contributed by atoms with Crippen molar-refractivity contribution in [2.75, 3.05) is 7.11 Å². The van der Waals surface area contributed by atoms with E-state index in [1.807, 2.05) is 12.1 Å². The van der Waals surface area contributed by atoms with E-state index in [9.17, 15) is 8.78 Å². The number of benzene rings is 1. The van der Waals surface area contributed by atoms with Gasteiger partial charge in [0, 0.05) is 6.42 Å². The van der Waals surface area contributed by atoms with Crippen LogP contribution in [0.4, 0.5) is 8.78 Å². The Balaban J connectivity index is 2.55. The van der Waals surface area contributed by atoms with Gasteiger partial charge in [0.05, 0.1) is 7.11 Å². The molecule has 0 heterocycles. The molecule has 0 aliphatic rings. The summed E-state index contributed by atoms with van der Waals surface area (Å²) in [4.78, 5) is 0. The third kappa shape index (κ3) is 3.56. The first-order valence-electron chi connectivity index (χ1n) is 4.31. The fourth-order valence-electron chi connectivity index (χ4n) is 1.02. The minimum absolute atomic E-state index is 0.202. The van der Waals surface area contributed by atoms with E-state index in [4.69, 9.17) is 4.74 Å². The van der Waals surface area contributed by atoms with Gasteiger partial charge in [-0.2, -0.15) is 0 Å². The molecular formula is C11H12F2O. The topological polar surface area (TPSA) is 9.23 Å². The Morgan fingerprint density at radius 1 is 1.29 bits per heavy atom. The summed E-state index contributed by atoms with van der Waals surface area (Å²) in [6, 6.07) is 7.23. The summed E-state index contributed by atoms with van der Waals surface area (Å²) in [5.74, 6) is 0.760. The van der Waals surface area contributed by atoms with Crippen LogP contribution in [-0.4, -0.2) is 13.5 Å². The predicted octanol–water partition coefficient (Wildman–Crippen LogP) is 3.36. The van der Waals surface area contributed by atoms with E-state index in [0.717, 1.165) is 11.3 Å². The van der Waals surface area contributed by atoms with Crippen LogP contribution in [0.5, 0.6) is 5.75 Å². The maximum Gasteiger partial charge on any atom is 0.242 e. The first kappa shape index (κ1) is 10.7. The molecule has 14 heavy (non-hydrogen) atoms. The lowest BCUT2D eigenvalue weighted by atomic mass is 10.2. The predicted molar refractivity (Wildman–Crippen MR) is 52.6 cm³/mol. The zero-order valence-electron chi connectivity index (χ0n) is 7.91. The van der Waals surface area contributed by atoms with Crippen LogP contribution in [0.1, 0.15) is 12.0 Å². The van der Waals surface area contributed by atoms with Crippen LogP contribution in [0.2, 0.25) is 0 Å². The smallest absolute Gasteiger partial charge is 0.242 e. The molecule has 0 saturated carbocycles. The molecule has 0 aliphatic heterocycles. The summed E-state index contributed by atoms with van der Waals surface area (Å²) >= 11 is 0. The number of hydrogen-bond acceptors (Lipinski definition) is 1. The van der Waals surface area contributed by atoms with Crippen LogP contribution >= 0.6 is 0 Å². The second kappa shape index (κ2) is 5.37. The molecule has 0 bridgehead atoms. The zero-order chi connectivity index (χ0) is 10.4. The lowest BCUT2D eigenvalue weighted by Crippen LogP contribution is -1.84. The van der Waals surface area contributed by atoms with Gasteiger partial charge in [0.25, 0.3) is 0 Å². The Bertz CT molecular complexity index is 291. The summed E-state index contributed by atoms with van der Waals surface area (Å²) in [7, 11) is 1.58. The molecule has 0 aromatic heterocycles. The molecule has 76 valence electrons. The number of ether oxygens (including phenoxy) is 1. The van der Waals surface area contributed by atoms with Gasteiger partial charge in [0.1, 0.15) is 5.75 Å². The first-order valence-corrected chi connectivity index (χ1v) is 4.31. The minimum atomic E-state index is -2.27. The second-order valence-corrected chi connectivity index (χ2v) is 2.80. The summed E-state index contributed by atoms with van der Waals surface area (Å²) < 4.78 is 28.5. The van der Waals surface area contributed by atoms with Gasteiger partial charge in [-0.1, -0.05) is 24.3 Å². The van der Waals surface area contributed by atoms with Crippen molar-refractivity contribution in [3.05, 3.63) is 35.9 Å². The van der Waals surface area contributed by atoms with Crippen LogP contribution in [0.25, 0.3) is 6.08 Å². The number of alkyl halides is 2. The fourth-order valence-corrected chi connectivity index (χ4v) is 1.02. The Kier molecular flexibility index (Phi) is 4.11. The normalized spacial score (nSPS) is 11.1. The third-order valence-electron chi connectivity index (χ3n) is 1.74. The molecule has 1 nitrogen and oxygen atoms in total. The Morgan fingerprint density at radius 2 is 1.93 bits per heavy atom. The molecule has 0 N–H and O–H groups in total. The second-order valence-electron chi connectivity index (χ2n) is 2.80. The van der Waals surface area contributed by atoms with Crippen molar-refractivity contribution in [3.8, 4) is 5.75 Å². The van der Waals surface area contributed by atoms with Crippen molar-refractivity contribution < 1.29 is 13.5 Å². The molecule has 1 rings (SSSR count). The quantitative estimate of drug-likeness (QED) is 0.720. The number of hydrogen-bond donors (Lipinski definition) is 0. The van der Waals surface area contributed by atoms with Gasteiger partial charge < -0.3 is 4.74 Å². The first-order chi connectivity index (χ1) is 6.72. The van der Waals surface area contributed by atoms with E-state index in [-0.39, 0.29) is 6.42 Å². The molecule has 3 heteroatoms. The van der Waals surface area contributed by atoms with Crippen molar-refractivity contribution in [2.45, 2.75) is 12.8 Å². The molecule has 0 spiro atoms. The Labute approximate surface area is 82.0 Å². The van der Waals surface area contributed by atoms with Gasteiger partial charge in [-0.15, -0.1) is 0 Å². The minimum Gasteiger partial charge on any atom is -0.497 e. The molecule has 1 aromatic carbocycles. The number of allylic oxidation sites excluding steroid dienone is 1. The summed E-state index contributed by atoms with van der Waals surface area (Å²) in [6.45, 7) is 0. The average Bonchev–Trinajstić information content (AvgIpc) is 2.18. The van der Waals surface area contributed by atoms with E-state index >= 15 is 0 Å². The number of methoxy groups -OCH3 is 1. The molecule has 0 radical (unpaired) electrons. The highest BCUT2D eigenvalue weighted by Gasteiger charge is 1.96. The molecule has 0 fully saturated rings. The highest BCUT2D eigenvalue weighted by Crippen LogP contribution is 2.13. The van der Waals surface area contributed by atoms with Gasteiger partial charge in [-0.25, -0.2) is 8.78 Å². The lowest BCUT2D eigenvalue weighted by Gasteiger charge is -1.98. The summed E-state index contributed by atoms with van der Waals surface area (Å²) in [5.41, 5.74) is 0.895. The average molecular weight is 198 g/mol. The maximum absolute atomic E-state index is 11.8. The maximum atomic E-state index is 11.8. The highest BCUT2D eigenvalue weighted by molar-refractivity contribution is 5.50. The van der Waals surface area contributed by atoms with Crippen molar-refractivity contribution in [1.82, 2.24) is 0 Å². The highest BCUT2D eigenvalue weighted by atomic mass is 19.3. The zero-order valence-corrected chi connectivity index (χ0v) is 7.91. The molecule has 0 atom stereocenters. The van der Waals surface area contributed by atoms with Crippen LogP contribution < -0.4 is 4.74 Å². The summed E-state index contributed by atoms with van der Waals surface area (Å²) in [6.07, 6.45) is 0.661. The molecule has 0 aliphatic carbocycles. The van der Waals surface area contributed by atoms with Gasteiger partial charge in [-0.05, 0) is 17.7 Å². The van der Waals surface area contributed by atoms with E-state index in [2.05, 4.69) is 0 Å². The van der Waals surface area contributed by atoms with E-state index in [1.54, 1.807) is 25.3 Å². The van der Waals surface area contributed by atoms with Gasteiger partial charge >= 0.3 is 0 Å². The largest absolute Gasteiger partial charge is 0.497 e. The monoisotopic (exact) mass is 198 g/mol. The number of rotatable bonds is 4. The van der Waals surface area contributed by atoms with Crippen LogP contribution in [0.15, 0.2) is 30.3 Å². The molecule has 1 aromatic rings. The van der Waals surface area contributed by atoms with E-state index in [0.29, 0.717) is 0 Å². The van der Waals surface area contributed by atoms with Crippen molar-refractivity contribution in [1.29, 1.82) is 0 Å². The van der Waals surface area contributed by atoms with Crippen LogP contribution in [0.3, 0.4) is 0 Å². The van der Waals surface area contributed by atoms with Crippen LogP contribution in [-0.2, 0) is 0 Å². The fraction of sp³-hybridized carbons (Fsp3) is 0.273. The SMILES string of the molecule is COc1ccc(/C=C/CC(F)F)cc1.